The monoisotopic (exact) mass is 373 g/mol. The zero-order chi connectivity index (χ0) is 13.6. The van der Waals surface area contributed by atoms with E-state index in [0.29, 0.717) is 18.0 Å². The second-order valence-corrected chi connectivity index (χ2v) is 6.86. The van der Waals surface area contributed by atoms with E-state index in [2.05, 4.69) is 46.4 Å². The molecule has 1 aromatic heterocycles. The summed E-state index contributed by atoms with van der Waals surface area (Å²) in [5.41, 5.74) is 0.986. The zero-order valence-electron chi connectivity index (χ0n) is 11.4. The Morgan fingerprint density at radius 2 is 2.00 bits per heavy atom. The number of rotatable bonds is 2. The molecule has 2 bridgehead atoms. The summed E-state index contributed by atoms with van der Waals surface area (Å²) < 4.78 is 0.750. The standard InChI is InChI=1S/C14H20IN3O/c1-3-11-12(15)14(19)17-13(16-11)8-6-9-4-5-10(7-8)18(9)2/h8-10H,3-7H2,1-2H3,(H,16,17,19). The van der Waals surface area contributed by atoms with Gasteiger partial charge in [-0.15, -0.1) is 0 Å². The van der Waals surface area contributed by atoms with Crippen molar-refractivity contribution < 1.29 is 0 Å². The number of H-pyrrole nitrogens is 1. The summed E-state index contributed by atoms with van der Waals surface area (Å²) in [7, 11) is 2.24. The second-order valence-electron chi connectivity index (χ2n) is 5.78. The Bertz CT molecular complexity index is 528. The van der Waals surface area contributed by atoms with Crippen molar-refractivity contribution >= 4 is 22.6 Å². The Balaban J connectivity index is 1.91. The van der Waals surface area contributed by atoms with E-state index in [4.69, 9.17) is 4.98 Å². The maximum atomic E-state index is 12.0. The first-order valence-electron chi connectivity index (χ1n) is 7.10. The predicted octanol–water partition coefficient (Wildman–Crippen LogP) is 2.28. The van der Waals surface area contributed by atoms with Gasteiger partial charge in [-0.25, -0.2) is 4.98 Å². The van der Waals surface area contributed by atoms with Crippen molar-refractivity contribution in [3.8, 4) is 0 Å². The highest BCUT2D eigenvalue weighted by atomic mass is 127. The van der Waals surface area contributed by atoms with Crippen molar-refractivity contribution in [2.45, 2.75) is 57.0 Å². The molecule has 0 radical (unpaired) electrons. The molecule has 3 rings (SSSR count). The number of aromatic amines is 1. The number of fused-ring (bicyclic) bond motifs is 2. The van der Waals surface area contributed by atoms with Gasteiger partial charge in [0.2, 0.25) is 0 Å². The lowest BCUT2D eigenvalue weighted by molar-refractivity contribution is 0.158. The van der Waals surface area contributed by atoms with E-state index in [1.165, 1.54) is 12.8 Å². The molecule has 2 unspecified atom stereocenters. The Morgan fingerprint density at radius 3 is 2.58 bits per heavy atom. The maximum Gasteiger partial charge on any atom is 0.264 e. The summed E-state index contributed by atoms with van der Waals surface area (Å²) in [6.07, 6.45) is 5.70. The second kappa shape index (κ2) is 5.16. The Labute approximate surface area is 127 Å². The molecule has 2 fully saturated rings. The van der Waals surface area contributed by atoms with Crippen LogP contribution in [0.1, 0.15) is 50.0 Å². The van der Waals surface area contributed by atoms with Crippen molar-refractivity contribution in [2.75, 3.05) is 7.05 Å². The number of piperidine rings is 1. The molecule has 1 N–H and O–H groups in total. The molecular weight excluding hydrogens is 353 g/mol. The highest BCUT2D eigenvalue weighted by Crippen LogP contribution is 2.40. The van der Waals surface area contributed by atoms with Crippen LogP contribution < -0.4 is 5.56 Å². The van der Waals surface area contributed by atoms with E-state index in [1.807, 2.05) is 0 Å². The van der Waals surface area contributed by atoms with Crippen LogP contribution in [0.2, 0.25) is 0 Å². The summed E-state index contributed by atoms with van der Waals surface area (Å²) in [4.78, 5) is 22.2. The van der Waals surface area contributed by atoms with Crippen molar-refractivity contribution in [1.82, 2.24) is 14.9 Å². The van der Waals surface area contributed by atoms with Crippen LogP contribution in [0.25, 0.3) is 0 Å². The van der Waals surface area contributed by atoms with E-state index in [-0.39, 0.29) is 5.56 Å². The van der Waals surface area contributed by atoms with Gasteiger partial charge in [-0.1, -0.05) is 6.92 Å². The molecule has 5 heteroatoms. The van der Waals surface area contributed by atoms with Gasteiger partial charge >= 0.3 is 0 Å². The molecular formula is C14H20IN3O. The van der Waals surface area contributed by atoms with Crippen LogP contribution >= 0.6 is 22.6 Å². The number of nitrogens with zero attached hydrogens (tertiary/aromatic N) is 2. The van der Waals surface area contributed by atoms with Crippen molar-refractivity contribution in [2.24, 2.45) is 0 Å². The number of aromatic nitrogens is 2. The summed E-state index contributed by atoms with van der Waals surface area (Å²) in [6, 6.07) is 1.36. The Morgan fingerprint density at radius 1 is 1.37 bits per heavy atom. The largest absolute Gasteiger partial charge is 0.309 e. The van der Waals surface area contributed by atoms with Crippen molar-refractivity contribution in [3.05, 3.63) is 25.4 Å². The fourth-order valence-electron chi connectivity index (χ4n) is 3.59. The highest BCUT2D eigenvalue weighted by molar-refractivity contribution is 14.1. The van der Waals surface area contributed by atoms with Gasteiger partial charge < -0.3 is 9.88 Å². The van der Waals surface area contributed by atoms with Gasteiger partial charge in [0.25, 0.3) is 5.56 Å². The van der Waals surface area contributed by atoms with Crippen LogP contribution in [-0.4, -0.2) is 34.0 Å². The molecule has 4 nitrogen and oxygen atoms in total. The first-order chi connectivity index (χ1) is 9.10. The minimum Gasteiger partial charge on any atom is -0.309 e. The molecule has 3 heterocycles. The molecule has 0 saturated carbocycles. The molecule has 0 spiro atoms. The van der Waals surface area contributed by atoms with Gasteiger partial charge in [0.05, 0.1) is 9.26 Å². The van der Waals surface area contributed by atoms with Gasteiger partial charge in [-0.3, -0.25) is 4.79 Å². The third kappa shape index (κ3) is 2.35. The molecule has 1 aromatic rings. The number of aryl methyl sites for hydroxylation is 1. The summed E-state index contributed by atoms with van der Waals surface area (Å²) in [6.45, 7) is 2.06. The summed E-state index contributed by atoms with van der Waals surface area (Å²) in [5, 5.41) is 0. The number of nitrogens with one attached hydrogen (secondary N) is 1. The molecule has 2 aliphatic rings. The smallest absolute Gasteiger partial charge is 0.264 e. The zero-order valence-corrected chi connectivity index (χ0v) is 13.6. The van der Waals surface area contributed by atoms with Crippen molar-refractivity contribution in [1.29, 1.82) is 0 Å². The van der Waals surface area contributed by atoms with E-state index < -0.39 is 0 Å². The first kappa shape index (κ1) is 13.5. The van der Waals surface area contributed by atoms with Crippen LogP contribution in [-0.2, 0) is 6.42 Å². The minimum absolute atomic E-state index is 0.0359. The lowest BCUT2D eigenvalue weighted by Crippen LogP contribution is -2.40. The molecule has 2 atom stereocenters. The lowest BCUT2D eigenvalue weighted by atomic mass is 9.90. The average Bonchev–Trinajstić information content (AvgIpc) is 2.64. The minimum atomic E-state index is 0.0359. The SMILES string of the molecule is CCc1nc(C2CC3CCC(C2)N3C)[nH]c(=O)c1I. The van der Waals surface area contributed by atoms with Crippen LogP contribution in [0.5, 0.6) is 0 Å². The Kier molecular flexibility index (Phi) is 3.68. The molecule has 2 aliphatic heterocycles. The van der Waals surface area contributed by atoms with Gasteiger partial charge in [0.15, 0.2) is 0 Å². The van der Waals surface area contributed by atoms with Crippen molar-refractivity contribution in [3.63, 3.8) is 0 Å². The molecule has 0 aliphatic carbocycles. The quantitative estimate of drug-likeness (QED) is 0.810. The normalized spacial score (nSPS) is 30.8. The molecule has 0 amide bonds. The first-order valence-corrected chi connectivity index (χ1v) is 8.18. The third-order valence-corrected chi connectivity index (χ3v) is 5.88. The fraction of sp³-hybridized carbons (Fsp3) is 0.714. The Hall–Kier alpha value is -0.430. The van der Waals surface area contributed by atoms with Crippen LogP contribution in [0.15, 0.2) is 4.79 Å². The maximum absolute atomic E-state index is 12.0. The van der Waals surface area contributed by atoms with E-state index >= 15 is 0 Å². The molecule has 2 saturated heterocycles. The topological polar surface area (TPSA) is 49.0 Å². The van der Waals surface area contributed by atoms with E-state index in [1.54, 1.807) is 0 Å². The lowest BCUT2D eigenvalue weighted by Gasteiger charge is -2.35. The fourth-order valence-corrected chi connectivity index (χ4v) is 4.22. The third-order valence-electron chi connectivity index (χ3n) is 4.77. The number of hydrogen-bond donors (Lipinski definition) is 1. The molecule has 19 heavy (non-hydrogen) atoms. The van der Waals surface area contributed by atoms with E-state index in [0.717, 1.165) is 34.4 Å². The summed E-state index contributed by atoms with van der Waals surface area (Å²) in [5.74, 6) is 1.36. The van der Waals surface area contributed by atoms with Gasteiger partial charge in [0, 0.05) is 18.0 Å². The summed E-state index contributed by atoms with van der Waals surface area (Å²) >= 11 is 2.10. The number of hydrogen-bond acceptors (Lipinski definition) is 3. The van der Waals surface area contributed by atoms with Gasteiger partial charge in [-0.2, -0.15) is 0 Å². The van der Waals surface area contributed by atoms with Crippen LogP contribution in [0, 0.1) is 3.57 Å². The van der Waals surface area contributed by atoms with E-state index in [9.17, 15) is 4.79 Å². The number of halogens is 1. The predicted molar refractivity (Wildman–Crippen MR) is 83.5 cm³/mol. The van der Waals surface area contributed by atoms with Crippen LogP contribution in [0.4, 0.5) is 0 Å². The molecule has 104 valence electrons. The molecule has 0 aromatic carbocycles. The van der Waals surface area contributed by atoms with Gasteiger partial charge in [-0.05, 0) is 61.7 Å². The van der Waals surface area contributed by atoms with Crippen LogP contribution in [0.3, 0.4) is 0 Å². The van der Waals surface area contributed by atoms with Gasteiger partial charge in [0.1, 0.15) is 5.82 Å². The highest BCUT2D eigenvalue weighted by Gasteiger charge is 2.39. The average molecular weight is 373 g/mol.